The van der Waals surface area contributed by atoms with E-state index in [-0.39, 0.29) is 6.04 Å². The molecule has 0 bridgehead atoms. The number of hydrogen-bond donors (Lipinski definition) is 1. The van der Waals surface area contributed by atoms with Gasteiger partial charge in [0.05, 0.1) is 0 Å². The third-order valence-corrected chi connectivity index (χ3v) is 2.19. The minimum atomic E-state index is -0.394. The third kappa shape index (κ3) is 2.83. The molecule has 1 aromatic rings. The summed E-state index contributed by atoms with van der Waals surface area (Å²) in [4.78, 5) is 0. The zero-order chi connectivity index (χ0) is 10.0. The fourth-order valence-corrected chi connectivity index (χ4v) is 1.63. The molecule has 1 aromatic carbocycles. The normalized spacial score (nSPS) is 13.0. The van der Waals surface area contributed by atoms with Crippen LogP contribution in [0.2, 0.25) is 10.0 Å². The van der Waals surface area contributed by atoms with Crippen LogP contribution in [0.5, 0.6) is 0 Å². The SMILES string of the molecule is CC(N)Cc1c(F)cc(Cl)cc1Cl. The van der Waals surface area contributed by atoms with Crippen LogP contribution in [0.25, 0.3) is 0 Å². The lowest BCUT2D eigenvalue weighted by atomic mass is 10.1. The quantitative estimate of drug-likeness (QED) is 0.817. The van der Waals surface area contributed by atoms with Crippen LogP contribution in [-0.2, 0) is 6.42 Å². The van der Waals surface area contributed by atoms with E-state index in [4.69, 9.17) is 28.9 Å². The van der Waals surface area contributed by atoms with Gasteiger partial charge in [-0.3, -0.25) is 0 Å². The van der Waals surface area contributed by atoms with Crippen molar-refractivity contribution in [2.45, 2.75) is 19.4 Å². The maximum atomic E-state index is 13.2. The molecule has 1 rings (SSSR count). The van der Waals surface area contributed by atoms with Crippen molar-refractivity contribution < 1.29 is 4.39 Å². The van der Waals surface area contributed by atoms with E-state index >= 15 is 0 Å². The van der Waals surface area contributed by atoms with Crippen molar-refractivity contribution >= 4 is 23.2 Å². The molecule has 0 fully saturated rings. The molecule has 1 unspecified atom stereocenters. The molecule has 0 aromatic heterocycles. The average molecular weight is 222 g/mol. The largest absolute Gasteiger partial charge is 0.328 e. The molecule has 0 saturated heterocycles. The fraction of sp³-hybridized carbons (Fsp3) is 0.333. The summed E-state index contributed by atoms with van der Waals surface area (Å²) >= 11 is 11.4. The predicted molar refractivity (Wildman–Crippen MR) is 53.8 cm³/mol. The van der Waals surface area contributed by atoms with Gasteiger partial charge >= 0.3 is 0 Å². The smallest absolute Gasteiger partial charge is 0.129 e. The minimum Gasteiger partial charge on any atom is -0.328 e. The van der Waals surface area contributed by atoms with E-state index in [1.54, 1.807) is 6.92 Å². The van der Waals surface area contributed by atoms with Crippen LogP contribution in [0.1, 0.15) is 12.5 Å². The zero-order valence-electron chi connectivity index (χ0n) is 7.15. The topological polar surface area (TPSA) is 26.0 Å². The molecule has 1 atom stereocenters. The van der Waals surface area contributed by atoms with Crippen LogP contribution in [0.3, 0.4) is 0 Å². The second-order valence-electron chi connectivity index (χ2n) is 3.03. The third-order valence-electron chi connectivity index (χ3n) is 1.63. The van der Waals surface area contributed by atoms with Gasteiger partial charge in [0.25, 0.3) is 0 Å². The Labute approximate surface area is 86.6 Å². The maximum absolute atomic E-state index is 13.2. The van der Waals surface area contributed by atoms with E-state index in [1.807, 2.05) is 0 Å². The first kappa shape index (κ1) is 10.8. The highest BCUT2D eigenvalue weighted by molar-refractivity contribution is 6.35. The Morgan fingerprint density at radius 3 is 2.54 bits per heavy atom. The van der Waals surface area contributed by atoms with E-state index < -0.39 is 5.82 Å². The molecule has 0 aliphatic carbocycles. The van der Waals surface area contributed by atoms with Gasteiger partial charge in [-0.1, -0.05) is 23.2 Å². The predicted octanol–water partition coefficient (Wildman–Crippen LogP) is 3.02. The lowest BCUT2D eigenvalue weighted by molar-refractivity contribution is 0.596. The molecule has 0 heterocycles. The van der Waals surface area contributed by atoms with Gasteiger partial charge in [0, 0.05) is 21.7 Å². The second kappa shape index (κ2) is 4.27. The molecule has 2 N–H and O–H groups in total. The van der Waals surface area contributed by atoms with E-state index in [2.05, 4.69) is 0 Å². The summed E-state index contributed by atoms with van der Waals surface area (Å²) in [5, 5.41) is 0.637. The van der Waals surface area contributed by atoms with E-state index in [9.17, 15) is 4.39 Å². The molecule has 0 radical (unpaired) electrons. The van der Waals surface area contributed by atoms with Crippen molar-refractivity contribution in [3.05, 3.63) is 33.6 Å². The number of rotatable bonds is 2. The Hall–Kier alpha value is -0.310. The Kier molecular flexibility index (Phi) is 3.54. The highest BCUT2D eigenvalue weighted by atomic mass is 35.5. The number of halogens is 3. The summed E-state index contributed by atoms with van der Waals surface area (Å²) in [5.74, 6) is -0.394. The Bertz CT molecular complexity index is 289. The Balaban J connectivity index is 3.06. The van der Waals surface area contributed by atoms with Gasteiger partial charge in [-0.05, 0) is 25.5 Å². The van der Waals surface area contributed by atoms with Crippen LogP contribution < -0.4 is 5.73 Å². The van der Waals surface area contributed by atoms with Crippen LogP contribution in [-0.4, -0.2) is 6.04 Å². The molecule has 0 aliphatic heterocycles. The van der Waals surface area contributed by atoms with Crippen molar-refractivity contribution in [1.82, 2.24) is 0 Å². The Morgan fingerprint density at radius 1 is 1.46 bits per heavy atom. The van der Waals surface area contributed by atoms with Crippen molar-refractivity contribution in [1.29, 1.82) is 0 Å². The van der Waals surface area contributed by atoms with Crippen LogP contribution in [0.4, 0.5) is 4.39 Å². The van der Waals surface area contributed by atoms with Crippen molar-refractivity contribution in [3.8, 4) is 0 Å². The summed E-state index contributed by atoms with van der Waals surface area (Å²) in [5.41, 5.74) is 5.97. The van der Waals surface area contributed by atoms with E-state index in [0.717, 1.165) is 0 Å². The van der Waals surface area contributed by atoms with Crippen LogP contribution in [0, 0.1) is 5.82 Å². The highest BCUT2D eigenvalue weighted by Crippen LogP contribution is 2.25. The van der Waals surface area contributed by atoms with Gasteiger partial charge in [0.1, 0.15) is 5.82 Å². The van der Waals surface area contributed by atoms with Crippen molar-refractivity contribution in [2.75, 3.05) is 0 Å². The number of benzene rings is 1. The molecule has 72 valence electrons. The lowest BCUT2D eigenvalue weighted by Crippen LogP contribution is -2.18. The average Bonchev–Trinajstić information content (AvgIpc) is 1.96. The number of nitrogens with two attached hydrogens (primary N) is 1. The van der Waals surface area contributed by atoms with Gasteiger partial charge in [0.15, 0.2) is 0 Å². The molecule has 4 heteroatoms. The first-order chi connectivity index (χ1) is 6.00. The monoisotopic (exact) mass is 221 g/mol. The van der Waals surface area contributed by atoms with Gasteiger partial charge in [0.2, 0.25) is 0 Å². The molecule has 1 nitrogen and oxygen atoms in total. The first-order valence-corrected chi connectivity index (χ1v) is 4.65. The molecule has 0 spiro atoms. The molecule has 0 saturated carbocycles. The standard InChI is InChI=1S/C9H10Cl2FN/c1-5(13)2-7-8(11)3-6(10)4-9(7)12/h3-5H,2,13H2,1H3. The molecule has 0 amide bonds. The summed E-state index contributed by atoms with van der Waals surface area (Å²) in [7, 11) is 0. The Morgan fingerprint density at radius 2 is 2.08 bits per heavy atom. The lowest BCUT2D eigenvalue weighted by Gasteiger charge is -2.08. The number of hydrogen-bond acceptors (Lipinski definition) is 1. The summed E-state index contributed by atoms with van der Waals surface area (Å²) in [6.45, 7) is 1.80. The van der Waals surface area contributed by atoms with Crippen LogP contribution in [0.15, 0.2) is 12.1 Å². The minimum absolute atomic E-state index is 0.117. The zero-order valence-corrected chi connectivity index (χ0v) is 8.66. The fourth-order valence-electron chi connectivity index (χ4n) is 1.09. The molecule has 0 aliphatic rings. The molecular weight excluding hydrogens is 212 g/mol. The van der Waals surface area contributed by atoms with E-state index in [0.29, 0.717) is 22.0 Å². The highest BCUT2D eigenvalue weighted by Gasteiger charge is 2.10. The molecular formula is C9H10Cl2FN. The van der Waals surface area contributed by atoms with Gasteiger partial charge < -0.3 is 5.73 Å². The van der Waals surface area contributed by atoms with Gasteiger partial charge in [-0.2, -0.15) is 0 Å². The van der Waals surface area contributed by atoms with Crippen molar-refractivity contribution in [2.24, 2.45) is 5.73 Å². The van der Waals surface area contributed by atoms with E-state index in [1.165, 1.54) is 12.1 Å². The van der Waals surface area contributed by atoms with Crippen molar-refractivity contribution in [3.63, 3.8) is 0 Å². The van der Waals surface area contributed by atoms with Gasteiger partial charge in [-0.15, -0.1) is 0 Å². The summed E-state index contributed by atoms with van der Waals surface area (Å²) in [6, 6.07) is 2.64. The first-order valence-electron chi connectivity index (χ1n) is 3.89. The summed E-state index contributed by atoms with van der Waals surface area (Å²) in [6.07, 6.45) is 0.418. The van der Waals surface area contributed by atoms with Gasteiger partial charge in [-0.25, -0.2) is 4.39 Å². The maximum Gasteiger partial charge on any atom is 0.129 e. The second-order valence-corrected chi connectivity index (χ2v) is 3.87. The summed E-state index contributed by atoms with van der Waals surface area (Å²) < 4.78 is 13.2. The van der Waals surface area contributed by atoms with Crippen LogP contribution >= 0.6 is 23.2 Å². The molecule has 13 heavy (non-hydrogen) atoms.